The molecule has 4 heteroatoms. The monoisotopic (exact) mass is 280 g/mol. The number of piperidine rings is 1. The predicted molar refractivity (Wildman–Crippen MR) is 79.6 cm³/mol. The topological polar surface area (TPSA) is 41.1 Å². The van der Waals surface area contributed by atoms with Crippen LogP contribution in [0.25, 0.3) is 0 Å². The van der Waals surface area contributed by atoms with Crippen molar-refractivity contribution in [3.8, 4) is 0 Å². The summed E-state index contributed by atoms with van der Waals surface area (Å²) in [5, 5.41) is 6.91. The predicted octanol–water partition coefficient (Wildman–Crippen LogP) is 3.37. The van der Waals surface area contributed by atoms with Crippen LogP contribution >= 0.6 is 11.6 Å². The normalized spacial score (nSPS) is 23.1. The molecule has 1 aromatic carbocycles. The smallest absolute Gasteiger partial charge is 0.241 e. The summed E-state index contributed by atoms with van der Waals surface area (Å²) in [5.74, 6) is 0.695. The molecule has 1 aromatic rings. The first-order valence-corrected chi connectivity index (χ1v) is 7.28. The minimum atomic E-state index is -0.0860. The lowest BCUT2D eigenvalue weighted by Gasteiger charge is -2.29. The minimum absolute atomic E-state index is 0.0449. The maximum atomic E-state index is 12.3. The van der Waals surface area contributed by atoms with Crippen LogP contribution in [0, 0.1) is 12.8 Å². The molecule has 19 heavy (non-hydrogen) atoms. The number of carbonyl (C=O) groups is 1. The number of aryl methyl sites for hydroxylation is 1. The Bertz CT molecular complexity index is 461. The fourth-order valence-corrected chi connectivity index (χ4v) is 2.69. The van der Waals surface area contributed by atoms with E-state index in [9.17, 15) is 4.79 Å². The van der Waals surface area contributed by atoms with Gasteiger partial charge in [-0.25, -0.2) is 0 Å². The molecule has 1 heterocycles. The maximum absolute atomic E-state index is 12.3. The summed E-state index contributed by atoms with van der Waals surface area (Å²) in [5.41, 5.74) is 1.83. The van der Waals surface area contributed by atoms with Crippen LogP contribution in [-0.4, -0.2) is 18.5 Å². The fourth-order valence-electron chi connectivity index (χ4n) is 2.52. The molecule has 0 aliphatic carbocycles. The molecule has 1 aliphatic rings. The van der Waals surface area contributed by atoms with Crippen molar-refractivity contribution in [2.24, 2.45) is 5.92 Å². The number of hydrogen-bond donors (Lipinski definition) is 2. The summed E-state index contributed by atoms with van der Waals surface area (Å²) < 4.78 is 0. The van der Waals surface area contributed by atoms with E-state index in [0.29, 0.717) is 10.9 Å². The molecule has 0 bridgehead atoms. The number of hydrogen-bond acceptors (Lipinski definition) is 2. The Kier molecular flexibility index (Phi) is 4.83. The lowest BCUT2D eigenvalue weighted by molar-refractivity contribution is -0.119. The number of anilines is 1. The van der Waals surface area contributed by atoms with E-state index in [4.69, 9.17) is 11.6 Å². The van der Waals surface area contributed by atoms with Crippen molar-refractivity contribution in [1.29, 1.82) is 0 Å². The highest BCUT2D eigenvalue weighted by atomic mass is 35.5. The van der Waals surface area contributed by atoms with Crippen molar-refractivity contribution in [3.05, 3.63) is 28.8 Å². The first-order valence-electron chi connectivity index (χ1n) is 6.90. The van der Waals surface area contributed by atoms with Crippen LogP contribution in [0.15, 0.2) is 18.2 Å². The van der Waals surface area contributed by atoms with E-state index < -0.39 is 0 Å². The largest absolute Gasteiger partial charge is 0.324 e. The Hall–Kier alpha value is -1.06. The van der Waals surface area contributed by atoms with Gasteiger partial charge in [0.1, 0.15) is 0 Å². The molecule has 0 spiro atoms. The number of rotatable bonds is 3. The summed E-state index contributed by atoms with van der Waals surface area (Å²) in [7, 11) is 0. The van der Waals surface area contributed by atoms with Crippen molar-refractivity contribution >= 4 is 23.2 Å². The number of benzene rings is 1. The van der Waals surface area contributed by atoms with Gasteiger partial charge in [-0.1, -0.05) is 31.0 Å². The van der Waals surface area contributed by atoms with Gasteiger partial charge in [0.15, 0.2) is 0 Å². The average Bonchev–Trinajstić information content (AvgIpc) is 2.43. The van der Waals surface area contributed by atoms with Gasteiger partial charge in [-0.15, -0.1) is 0 Å². The standard InChI is InChI=1S/C15H21ClN2O/c1-3-11-6-7-17-14(8-11)15(19)18-13-9-12(16)5-4-10(13)2/h4-5,9,11,14,17H,3,6-8H2,1-2H3,(H,18,19). The summed E-state index contributed by atoms with van der Waals surface area (Å²) in [6, 6.07) is 5.46. The minimum Gasteiger partial charge on any atom is -0.324 e. The number of amides is 1. The zero-order valence-electron chi connectivity index (χ0n) is 11.5. The highest BCUT2D eigenvalue weighted by Crippen LogP contribution is 2.23. The summed E-state index contributed by atoms with van der Waals surface area (Å²) in [6.45, 7) is 5.08. The zero-order valence-corrected chi connectivity index (χ0v) is 12.3. The van der Waals surface area contributed by atoms with E-state index in [0.717, 1.165) is 37.1 Å². The van der Waals surface area contributed by atoms with Crippen LogP contribution in [0.3, 0.4) is 0 Å². The molecular weight excluding hydrogens is 260 g/mol. The van der Waals surface area contributed by atoms with E-state index >= 15 is 0 Å². The van der Waals surface area contributed by atoms with Crippen molar-refractivity contribution in [2.45, 2.75) is 39.2 Å². The van der Waals surface area contributed by atoms with E-state index in [1.807, 2.05) is 19.1 Å². The molecule has 104 valence electrons. The second kappa shape index (κ2) is 6.40. The van der Waals surface area contributed by atoms with Crippen LogP contribution in [-0.2, 0) is 4.79 Å². The average molecular weight is 281 g/mol. The summed E-state index contributed by atoms with van der Waals surface area (Å²) >= 11 is 5.96. The molecular formula is C15H21ClN2O. The van der Waals surface area contributed by atoms with Gasteiger partial charge >= 0.3 is 0 Å². The Morgan fingerprint density at radius 2 is 2.32 bits per heavy atom. The lowest BCUT2D eigenvalue weighted by Crippen LogP contribution is -2.46. The fraction of sp³-hybridized carbons (Fsp3) is 0.533. The molecule has 1 saturated heterocycles. The van der Waals surface area contributed by atoms with Gasteiger partial charge in [0.2, 0.25) is 5.91 Å². The highest BCUT2D eigenvalue weighted by Gasteiger charge is 2.26. The molecule has 1 fully saturated rings. The van der Waals surface area contributed by atoms with Crippen LogP contribution in [0.2, 0.25) is 5.02 Å². The third-order valence-electron chi connectivity index (χ3n) is 3.86. The Labute approximate surface area is 119 Å². The molecule has 3 nitrogen and oxygen atoms in total. The van der Waals surface area contributed by atoms with Gasteiger partial charge in [-0.2, -0.15) is 0 Å². The Morgan fingerprint density at radius 3 is 3.05 bits per heavy atom. The molecule has 0 aromatic heterocycles. The van der Waals surface area contributed by atoms with E-state index in [1.165, 1.54) is 0 Å². The van der Waals surface area contributed by atoms with Gasteiger partial charge in [-0.05, 0) is 49.9 Å². The van der Waals surface area contributed by atoms with Gasteiger partial charge in [-0.3, -0.25) is 4.79 Å². The molecule has 2 unspecified atom stereocenters. The molecule has 2 rings (SSSR count). The van der Waals surface area contributed by atoms with Crippen LogP contribution in [0.1, 0.15) is 31.7 Å². The molecule has 0 saturated carbocycles. The van der Waals surface area contributed by atoms with Crippen molar-refractivity contribution in [2.75, 3.05) is 11.9 Å². The summed E-state index contributed by atoms with van der Waals surface area (Å²) in [6.07, 6.45) is 3.22. The quantitative estimate of drug-likeness (QED) is 0.891. The van der Waals surface area contributed by atoms with Crippen molar-refractivity contribution in [1.82, 2.24) is 5.32 Å². The second-order valence-corrected chi connectivity index (χ2v) is 5.69. The Balaban J connectivity index is 2.02. The van der Waals surface area contributed by atoms with E-state index in [1.54, 1.807) is 6.07 Å². The molecule has 1 aliphatic heterocycles. The lowest BCUT2D eigenvalue weighted by atomic mass is 9.90. The zero-order chi connectivity index (χ0) is 13.8. The van der Waals surface area contributed by atoms with Gasteiger partial charge in [0.05, 0.1) is 6.04 Å². The van der Waals surface area contributed by atoms with Gasteiger partial charge in [0.25, 0.3) is 0 Å². The SMILES string of the molecule is CCC1CCNC(C(=O)Nc2cc(Cl)ccc2C)C1. The summed E-state index contributed by atoms with van der Waals surface area (Å²) in [4.78, 5) is 12.3. The first kappa shape index (κ1) is 14.4. The van der Waals surface area contributed by atoms with Crippen molar-refractivity contribution < 1.29 is 4.79 Å². The van der Waals surface area contributed by atoms with E-state index in [2.05, 4.69) is 17.6 Å². The van der Waals surface area contributed by atoms with E-state index in [-0.39, 0.29) is 11.9 Å². The number of carbonyl (C=O) groups excluding carboxylic acids is 1. The van der Waals surface area contributed by atoms with Crippen molar-refractivity contribution in [3.63, 3.8) is 0 Å². The number of nitrogens with one attached hydrogen (secondary N) is 2. The first-order chi connectivity index (χ1) is 9.10. The molecule has 2 atom stereocenters. The molecule has 1 amide bonds. The second-order valence-electron chi connectivity index (χ2n) is 5.25. The maximum Gasteiger partial charge on any atom is 0.241 e. The van der Waals surface area contributed by atoms with Crippen LogP contribution in [0.4, 0.5) is 5.69 Å². The van der Waals surface area contributed by atoms with Gasteiger partial charge < -0.3 is 10.6 Å². The highest BCUT2D eigenvalue weighted by molar-refractivity contribution is 6.31. The van der Waals surface area contributed by atoms with Gasteiger partial charge in [0, 0.05) is 10.7 Å². The molecule has 0 radical (unpaired) electrons. The van der Waals surface area contributed by atoms with Crippen LogP contribution < -0.4 is 10.6 Å². The van der Waals surface area contributed by atoms with Crippen LogP contribution in [0.5, 0.6) is 0 Å². The third kappa shape index (κ3) is 3.71. The molecule has 2 N–H and O–H groups in total. The number of halogens is 1. The third-order valence-corrected chi connectivity index (χ3v) is 4.10. The Morgan fingerprint density at radius 1 is 1.53 bits per heavy atom.